The number of benzene rings is 3. The van der Waals surface area contributed by atoms with Crippen molar-refractivity contribution in [1.82, 2.24) is 15.1 Å². The number of aromatic nitrogens is 2. The summed E-state index contributed by atoms with van der Waals surface area (Å²) in [4.78, 5) is 24.8. The van der Waals surface area contributed by atoms with E-state index in [0.717, 1.165) is 5.69 Å². The fourth-order valence-electron chi connectivity index (χ4n) is 2.99. The van der Waals surface area contributed by atoms with Gasteiger partial charge in [0.25, 0.3) is 11.8 Å². The summed E-state index contributed by atoms with van der Waals surface area (Å²) in [6.07, 6.45) is 3.14. The third-order valence-electron chi connectivity index (χ3n) is 4.67. The van der Waals surface area contributed by atoms with Gasteiger partial charge in [-0.05, 0) is 42.5 Å². The van der Waals surface area contributed by atoms with Crippen LogP contribution in [0.5, 0.6) is 0 Å². The van der Waals surface area contributed by atoms with Gasteiger partial charge >= 0.3 is 0 Å². The van der Waals surface area contributed by atoms with Crippen LogP contribution in [0.4, 0.5) is 10.1 Å². The highest BCUT2D eigenvalue weighted by Crippen LogP contribution is 2.13. The number of anilines is 1. The van der Waals surface area contributed by atoms with Crippen molar-refractivity contribution >= 4 is 17.5 Å². The maximum absolute atomic E-state index is 13.7. The van der Waals surface area contributed by atoms with Gasteiger partial charge < -0.3 is 10.6 Å². The topological polar surface area (TPSA) is 76.0 Å². The summed E-state index contributed by atoms with van der Waals surface area (Å²) in [7, 11) is 0. The quantitative estimate of drug-likeness (QED) is 0.497. The fourth-order valence-corrected chi connectivity index (χ4v) is 2.99. The van der Waals surface area contributed by atoms with Crippen molar-refractivity contribution in [3.8, 4) is 5.69 Å². The van der Waals surface area contributed by atoms with Gasteiger partial charge in [0, 0.05) is 29.6 Å². The number of rotatable bonds is 6. The molecule has 0 unspecified atom stereocenters. The first-order valence-corrected chi connectivity index (χ1v) is 9.63. The molecule has 1 aromatic heterocycles. The van der Waals surface area contributed by atoms with Gasteiger partial charge in [0.05, 0.1) is 17.4 Å². The number of amides is 2. The maximum Gasteiger partial charge on any atom is 0.258 e. The van der Waals surface area contributed by atoms with E-state index >= 15 is 0 Å². The van der Waals surface area contributed by atoms with E-state index in [4.69, 9.17) is 0 Å². The zero-order chi connectivity index (χ0) is 21.6. The standard InChI is InChI=1S/C24H19FN4O2/c25-22-9-5-4-6-18(22)14-26-23(30)17-10-12-20(13-11-17)28-24(31)19-15-27-29(16-19)21-7-2-1-3-8-21/h1-13,15-16H,14H2,(H,26,30)(H,28,31). The van der Waals surface area contributed by atoms with Crippen molar-refractivity contribution in [2.24, 2.45) is 0 Å². The molecule has 0 radical (unpaired) electrons. The molecule has 0 spiro atoms. The zero-order valence-corrected chi connectivity index (χ0v) is 16.5. The number of hydrogen-bond donors (Lipinski definition) is 2. The molecule has 0 atom stereocenters. The van der Waals surface area contributed by atoms with Crippen LogP contribution in [0.3, 0.4) is 0 Å². The molecule has 4 aromatic rings. The second kappa shape index (κ2) is 9.04. The zero-order valence-electron chi connectivity index (χ0n) is 16.5. The van der Waals surface area contributed by atoms with Crippen molar-refractivity contribution in [1.29, 1.82) is 0 Å². The lowest BCUT2D eigenvalue weighted by Crippen LogP contribution is -2.23. The van der Waals surface area contributed by atoms with Gasteiger partial charge in [-0.15, -0.1) is 0 Å². The maximum atomic E-state index is 13.7. The molecule has 0 bridgehead atoms. The third-order valence-corrected chi connectivity index (χ3v) is 4.67. The van der Waals surface area contributed by atoms with E-state index in [1.165, 1.54) is 12.3 Å². The Hall–Kier alpha value is -4.26. The number of para-hydroxylation sites is 1. The van der Waals surface area contributed by atoms with Crippen LogP contribution in [0.25, 0.3) is 5.69 Å². The fraction of sp³-hybridized carbons (Fsp3) is 0.0417. The molecule has 0 fully saturated rings. The van der Waals surface area contributed by atoms with Crippen LogP contribution in [-0.4, -0.2) is 21.6 Å². The van der Waals surface area contributed by atoms with Crippen molar-refractivity contribution < 1.29 is 14.0 Å². The molecule has 2 N–H and O–H groups in total. The van der Waals surface area contributed by atoms with E-state index in [0.29, 0.717) is 22.4 Å². The molecule has 4 rings (SSSR count). The summed E-state index contributed by atoms with van der Waals surface area (Å²) in [5, 5.41) is 9.68. The van der Waals surface area contributed by atoms with E-state index in [-0.39, 0.29) is 24.2 Å². The van der Waals surface area contributed by atoms with Gasteiger partial charge in [-0.25, -0.2) is 9.07 Å². The van der Waals surface area contributed by atoms with Crippen LogP contribution in [0, 0.1) is 5.82 Å². The van der Waals surface area contributed by atoms with Crippen LogP contribution in [0.15, 0.2) is 91.3 Å². The smallest absolute Gasteiger partial charge is 0.258 e. The summed E-state index contributed by atoms with van der Waals surface area (Å²) in [6, 6.07) is 22.2. The number of nitrogens with one attached hydrogen (secondary N) is 2. The van der Waals surface area contributed by atoms with Gasteiger partial charge in [-0.3, -0.25) is 9.59 Å². The van der Waals surface area contributed by atoms with Gasteiger partial charge in [-0.2, -0.15) is 5.10 Å². The summed E-state index contributed by atoms with van der Waals surface area (Å²) < 4.78 is 15.3. The van der Waals surface area contributed by atoms with Gasteiger partial charge in [0.2, 0.25) is 0 Å². The number of nitrogens with zero attached hydrogens (tertiary/aromatic N) is 2. The molecule has 0 aliphatic rings. The van der Waals surface area contributed by atoms with Gasteiger partial charge in [-0.1, -0.05) is 36.4 Å². The van der Waals surface area contributed by atoms with Crippen LogP contribution in [0.2, 0.25) is 0 Å². The van der Waals surface area contributed by atoms with Gasteiger partial charge in [0.1, 0.15) is 5.82 Å². The third kappa shape index (κ3) is 4.84. The van der Waals surface area contributed by atoms with E-state index in [2.05, 4.69) is 15.7 Å². The Labute approximate surface area is 178 Å². The Morgan fingerprint density at radius 3 is 2.29 bits per heavy atom. The van der Waals surface area contributed by atoms with Crippen LogP contribution in [-0.2, 0) is 6.54 Å². The molecule has 0 saturated heterocycles. The first-order chi connectivity index (χ1) is 15.1. The van der Waals surface area contributed by atoms with Crippen molar-refractivity contribution in [3.05, 3.63) is 114 Å². The lowest BCUT2D eigenvalue weighted by atomic mass is 10.1. The Kier molecular flexibility index (Phi) is 5.84. The van der Waals surface area contributed by atoms with E-state index < -0.39 is 0 Å². The number of carbonyl (C=O) groups is 2. The second-order valence-corrected chi connectivity index (χ2v) is 6.81. The minimum absolute atomic E-state index is 0.0927. The summed E-state index contributed by atoms with van der Waals surface area (Å²) >= 11 is 0. The molecule has 3 aromatic carbocycles. The van der Waals surface area contributed by atoms with Gasteiger partial charge in [0.15, 0.2) is 0 Å². The van der Waals surface area contributed by atoms with Crippen LogP contribution < -0.4 is 10.6 Å². The molecule has 154 valence electrons. The Bertz CT molecular complexity index is 1200. The predicted molar refractivity (Wildman–Crippen MR) is 116 cm³/mol. The molecule has 0 saturated carbocycles. The molecule has 7 heteroatoms. The number of hydrogen-bond acceptors (Lipinski definition) is 3. The summed E-state index contributed by atoms with van der Waals surface area (Å²) in [5.41, 5.74) is 2.63. The lowest BCUT2D eigenvalue weighted by Gasteiger charge is -2.08. The second-order valence-electron chi connectivity index (χ2n) is 6.81. The molecule has 1 heterocycles. The molecule has 2 amide bonds. The average Bonchev–Trinajstić information content (AvgIpc) is 3.30. The molecule has 6 nitrogen and oxygen atoms in total. The van der Waals surface area contributed by atoms with Crippen molar-refractivity contribution in [2.75, 3.05) is 5.32 Å². The number of carbonyl (C=O) groups excluding carboxylic acids is 2. The Morgan fingerprint density at radius 2 is 1.55 bits per heavy atom. The average molecular weight is 414 g/mol. The molecule has 0 aliphatic heterocycles. The molecule has 0 aliphatic carbocycles. The van der Waals surface area contributed by atoms with E-state index in [1.807, 2.05) is 30.3 Å². The van der Waals surface area contributed by atoms with Crippen LogP contribution in [0.1, 0.15) is 26.3 Å². The molecular formula is C24H19FN4O2. The van der Waals surface area contributed by atoms with Crippen molar-refractivity contribution in [2.45, 2.75) is 6.54 Å². The predicted octanol–water partition coefficient (Wildman–Crippen LogP) is 4.19. The highest BCUT2D eigenvalue weighted by atomic mass is 19.1. The minimum Gasteiger partial charge on any atom is -0.348 e. The highest BCUT2D eigenvalue weighted by Gasteiger charge is 2.11. The van der Waals surface area contributed by atoms with Crippen molar-refractivity contribution in [3.63, 3.8) is 0 Å². The van der Waals surface area contributed by atoms with E-state index in [9.17, 15) is 14.0 Å². The molecule has 31 heavy (non-hydrogen) atoms. The first-order valence-electron chi connectivity index (χ1n) is 9.63. The van der Waals surface area contributed by atoms with E-state index in [1.54, 1.807) is 53.3 Å². The normalized spacial score (nSPS) is 10.5. The highest BCUT2D eigenvalue weighted by molar-refractivity contribution is 6.04. The minimum atomic E-state index is -0.364. The molecular weight excluding hydrogens is 395 g/mol. The Balaban J connectivity index is 1.36. The number of halogens is 1. The largest absolute Gasteiger partial charge is 0.348 e. The monoisotopic (exact) mass is 414 g/mol. The summed E-state index contributed by atoms with van der Waals surface area (Å²) in [6.45, 7) is 0.0927. The summed E-state index contributed by atoms with van der Waals surface area (Å²) in [5.74, 6) is -0.999. The first kappa shape index (κ1) is 20.0. The lowest BCUT2D eigenvalue weighted by molar-refractivity contribution is 0.0950. The SMILES string of the molecule is O=C(NCc1ccccc1F)c1ccc(NC(=O)c2cnn(-c3ccccc3)c2)cc1. The van der Waals surface area contributed by atoms with Crippen LogP contribution >= 0.6 is 0 Å². The Morgan fingerprint density at radius 1 is 0.839 bits per heavy atom.